The number of hydrogen-bond acceptors (Lipinski definition) is 8. The Bertz CT molecular complexity index is 2420. The number of rotatable bonds is 14. The van der Waals surface area contributed by atoms with E-state index in [1.165, 1.54) is 11.8 Å². The van der Waals surface area contributed by atoms with E-state index in [1.54, 1.807) is 98.8 Å². The van der Waals surface area contributed by atoms with Crippen molar-refractivity contribution in [3.8, 4) is 11.1 Å². The number of amides is 4. The van der Waals surface area contributed by atoms with Crippen molar-refractivity contribution in [3.05, 3.63) is 172 Å². The standard InChI is InChI=1S/C45H38N4O6S2/c1-3-55-45(54)39-29(2)40(43(53)46-34-18-11-6-12-19-34)57-44(39)49-38(50)28-56-36-21-13-20-35(27-36)47-42(52)37(48-41(51)33-16-9-5-10-17-33)26-30-22-24-32(25-23-30)31-14-7-4-8-15-31/h4-27H,3,28H2,1-2H3,(H,46,53)(H,47,52)(H,48,51)(H,49,50)/b37-26+. The first-order valence-electron chi connectivity index (χ1n) is 17.9. The van der Waals surface area contributed by atoms with E-state index >= 15 is 0 Å². The fourth-order valence-electron chi connectivity index (χ4n) is 5.66. The molecule has 0 spiro atoms. The SMILES string of the molecule is CCOC(=O)c1c(NC(=O)CSc2cccc(NC(=O)/C(=C\c3ccc(-c4ccccc4)cc3)NC(=O)c3ccccc3)c2)sc(C(=O)Nc2ccccc2)c1C. The average Bonchev–Trinajstić information content (AvgIpc) is 3.56. The number of hydrogen-bond donors (Lipinski definition) is 4. The molecule has 0 saturated heterocycles. The molecule has 4 N–H and O–H groups in total. The second-order valence-electron chi connectivity index (χ2n) is 12.5. The average molecular weight is 795 g/mol. The highest BCUT2D eigenvalue weighted by atomic mass is 32.2. The summed E-state index contributed by atoms with van der Waals surface area (Å²) >= 11 is 2.21. The molecule has 6 rings (SSSR count). The van der Waals surface area contributed by atoms with Crippen molar-refractivity contribution in [2.75, 3.05) is 28.3 Å². The third kappa shape index (κ3) is 10.7. The van der Waals surface area contributed by atoms with Crippen LogP contribution in [0.1, 0.15) is 48.4 Å². The molecule has 57 heavy (non-hydrogen) atoms. The molecule has 12 heteroatoms. The molecular formula is C45H38N4O6S2. The lowest BCUT2D eigenvalue weighted by molar-refractivity contribution is -0.114. The minimum Gasteiger partial charge on any atom is -0.462 e. The Morgan fingerprint density at radius 3 is 2.00 bits per heavy atom. The molecule has 0 fully saturated rings. The molecule has 0 atom stereocenters. The van der Waals surface area contributed by atoms with Crippen LogP contribution in [0.15, 0.2) is 150 Å². The van der Waals surface area contributed by atoms with Gasteiger partial charge in [-0.1, -0.05) is 97.1 Å². The van der Waals surface area contributed by atoms with Crippen LogP contribution in [0.2, 0.25) is 0 Å². The lowest BCUT2D eigenvalue weighted by atomic mass is 10.0. The van der Waals surface area contributed by atoms with Crippen LogP contribution >= 0.6 is 23.1 Å². The number of carbonyl (C=O) groups is 5. The fraction of sp³-hybridized carbons (Fsp3) is 0.0889. The molecule has 0 bridgehead atoms. The molecule has 1 aromatic heterocycles. The van der Waals surface area contributed by atoms with E-state index in [0.717, 1.165) is 22.5 Å². The number of thioether (sulfide) groups is 1. The summed E-state index contributed by atoms with van der Waals surface area (Å²) in [5.41, 5.74) is 4.76. The van der Waals surface area contributed by atoms with Crippen LogP contribution in [-0.4, -0.2) is 42.0 Å². The van der Waals surface area contributed by atoms with Gasteiger partial charge in [0.05, 0.1) is 22.8 Å². The summed E-state index contributed by atoms with van der Waals surface area (Å²) in [5, 5.41) is 11.5. The minimum atomic E-state index is -0.644. The van der Waals surface area contributed by atoms with Crippen LogP contribution in [0.3, 0.4) is 0 Å². The van der Waals surface area contributed by atoms with E-state index < -0.39 is 29.6 Å². The van der Waals surface area contributed by atoms with Crippen LogP contribution in [0.5, 0.6) is 0 Å². The zero-order chi connectivity index (χ0) is 40.1. The zero-order valence-electron chi connectivity index (χ0n) is 31.0. The monoisotopic (exact) mass is 794 g/mol. The van der Waals surface area contributed by atoms with E-state index in [1.807, 2.05) is 60.7 Å². The molecule has 0 aliphatic carbocycles. The Morgan fingerprint density at radius 1 is 0.684 bits per heavy atom. The van der Waals surface area contributed by atoms with Gasteiger partial charge in [-0.15, -0.1) is 23.1 Å². The van der Waals surface area contributed by atoms with Crippen molar-refractivity contribution in [2.24, 2.45) is 0 Å². The summed E-state index contributed by atoms with van der Waals surface area (Å²) in [6.45, 7) is 3.44. The molecule has 5 aromatic carbocycles. The van der Waals surface area contributed by atoms with Crippen molar-refractivity contribution < 1.29 is 28.7 Å². The molecule has 286 valence electrons. The highest BCUT2D eigenvalue weighted by Crippen LogP contribution is 2.35. The van der Waals surface area contributed by atoms with E-state index in [0.29, 0.717) is 33.0 Å². The molecular weight excluding hydrogens is 757 g/mol. The maximum absolute atomic E-state index is 13.7. The number of para-hydroxylation sites is 1. The molecule has 0 unspecified atom stereocenters. The molecule has 4 amide bonds. The van der Waals surface area contributed by atoms with Crippen molar-refractivity contribution in [1.29, 1.82) is 0 Å². The first kappa shape index (κ1) is 39.9. The predicted octanol–water partition coefficient (Wildman–Crippen LogP) is 9.29. The van der Waals surface area contributed by atoms with Crippen LogP contribution in [0, 0.1) is 6.92 Å². The number of benzene rings is 5. The van der Waals surface area contributed by atoms with Gasteiger partial charge in [0.1, 0.15) is 10.7 Å². The van der Waals surface area contributed by atoms with Crippen LogP contribution < -0.4 is 21.3 Å². The van der Waals surface area contributed by atoms with Gasteiger partial charge in [0.2, 0.25) is 5.91 Å². The van der Waals surface area contributed by atoms with E-state index in [2.05, 4.69) is 21.3 Å². The largest absolute Gasteiger partial charge is 0.462 e. The Kier molecular flexibility index (Phi) is 13.5. The molecule has 0 saturated carbocycles. The van der Waals surface area contributed by atoms with E-state index in [9.17, 15) is 24.0 Å². The highest BCUT2D eigenvalue weighted by molar-refractivity contribution is 8.00. The molecule has 1 heterocycles. The summed E-state index contributed by atoms with van der Waals surface area (Å²) in [5.74, 6) is -2.50. The predicted molar refractivity (Wildman–Crippen MR) is 228 cm³/mol. The quantitative estimate of drug-likeness (QED) is 0.0489. The second kappa shape index (κ2) is 19.2. The normalized spacial score (nSPS) is 10.9. The van der Waals surface area contributed by atoms with Crippen LogP contribution in [0.25, 0.3) is 17.2 Å². The van der Waals surface area contributed by atoms with E-state index in [-0.39, 0.29) is 33.5 Å². The van der Waals surface area contributed by atoms with Gasteiger partial charge in [-0.25, -0.2) is 4.79 Å². The van der Waals surface area contributed by atoms with Crippen molar-refractivity contribution >= 4 is 75.1 Å². The van der Waals surface area contributed by atoms with Crippen LogP contribution in [-0.2, 0) is 14.3 Å². The van der Waals surface area contributed by atoms with Crippen molar-refractivity contribution in [2.45, 2.75) is 18.7 Å². The first-order chi connectivity index (χ1) is 27.7. The topological polar surface area (TPSA) is 143 Å². The van der Waals surface area contributed by atoms with Gasteiger partial charge in [0, 0.05) is 21.8 Å². The smallest absolute Gasteiger partial charge is 0.341 e. The molecule has 6 aromatic rings. The Labute approximate surface area is 338 Å². The van der Waals surface area contributed by atoms with Gasteiger partial charge >= 0.3 is 5.97 Å². The van der Waals surface area contributed by atoms with Gasteiger partial charge in [-0.2, -0.15) is 0 Å². The summed E-state index contributed by atoms with van der Waals surface area (Å²) in [4.78, 5) is 67.2. The molecule has 0 aliphatic heterocycles. The van der Waals surface area contributed by atoms with Gasteiger partial charge < -0.3 is 26.0 Å². The lowest BCUT2D eigenvalue weighted by Gasteiger charge is -2.12. The van der Waals surface area contributed by atoms with Gasteiger partial charge in [0.25, 0.3) is 17.7 Å². The number of thiophene rings is 1. The van der Waals surface area contributed by atoms with E-state index in [4.69, 9.17) is 4.74 Å². The molecule has 0 aliphatic rings. The van der Waals surface area contributed by atoms with Crippen molar-refractivity contribution in [3.63, 3.8) is 0 Å². The number of esters is 1. The fourth-order valence-corrected chi connectivity index (χ4v) is 7.52. The third-order valence-corrected chi connectivity index (χ3v) is 10.6. The first-order valence-corrected chi connectivity index (χ1v) is 19.7. The number of ether oxygens (including phenoxy) is 1. The molecule has 0 radical (unpaired) electrons. The van der Waals surface area contributed by atoms with Gasteiger partial charge in [0.15, 0.2) is 0 Å². The lowest BCUT2D eigenvalue weighted by Crippen LogP contribution is -2.30. The van der Waals surface area contributed by atoms with Gasteiger partial charge in [-0.3, -0.25) is 19.2 Å². The highest BCUT2D eigenvalue weighted by Gasteiger charge is 2.27. The summed E-state index contributed by atoms with van der Waals surface area (Å²) in [6, 6.07) is 42.0. The van der Waals surface area contributed by atoms with Crippen molar-refractivity contribution in [1.82, 2.24) is 5.32 Å². The number of nitrogens with one attached hydrogen (secondary N) is 4. The second-order valence-corrected chi connectivity index (χ2v) is 14.6. The summed E-state index contributed by atoms with van der Waals surface area (Å²) < 4.78 is 5.25. The Balaban J connectivity index is 1.15. The maximum Gasteiger partial charge on any atom is 0.341 e. The minimum absolute atomic E-state index is 0.0363. The zero-order valence-corrected chi connectivity index (χ0v) is 32.7. The maximum atomic E-state index is 13.7. The number of carbonyl (C=O) groups excluding carboxylic acids is 5. The molecule has 10 nitrogen and oxygen atoms in total. The Hall–Kier alpha value is -6.76. The third-order valence-electron chi connectivity index (χ3n) is 8.44. The van der Waals surface area contributed by atoms with Crippen LogP contribution in [0.4, 0.5) is 16.4 Å². The van der Waals surface area contributed by atoms with Gasteiger partial charge in [-0.05, 0) is 84.6 Å². The Morgan fingerprint density at radius 2 is 1.32 bits per heavy atom. The summed E-state index contributed by atoms with van der Waals surface area (Å²) in [7, 11) is 0. The summed E-state index contributed by atoms with van der Waals surface area (Å²) in [6.07, 6.45) is 1.61. The number of anilines is 3.